The Kier molecular flexibility index (Phi) is 8.94. The molecule has 0 aromatic heterocycles. The van der Waals surface area contributed by atoms with E-state index in [1.807, 2.05) is 48.5 Å². The van der Waals surface area contributed by atoms with E-state index in [2.05, 4.69) is 12.2 Å². The Labute approximate surface area is 178 Å². The molecule has 2 rings (SSSR count). The first kappa shape index (κ1) is 23.0. The topological polar surface area (TPSA) is 78.9 Å². The number of hydrogen-bond donors (Lipinski definition) is 2. The van der Waals surface area contributed by atoms with Gasteiger partial charge in [0.25, 0.3) is 0 Å². The summed E-state index contributed by atoms with van der Waals surface area (Å²) in [4.78, 5) is 25.2. The molecule has 30 heavy (non-hydrogen) atoms. The number of anilines is 1. The second-order valence-corrected chi connectivity index (χ2v) is 6.92. The van der Waals surface area contributed by atoms with Crippen LogP contribution in [0.25, 0.3) is 17.2 Å². The number of carbonyl (C=O) groups is 2. The predicted molar refractivity (Wildman–Crippen MR) is 120 cm³/mol. The van der Waals surface area contributed by atoms with E-state index in [4.69, 9.17) is 4.74 Å². The lowest BCUT2D eigenvalue weighted by Crippen LogP contribution is -2.37. The third-order valence-electron chi connectivity index (χ3n) is 4.65. The molecule has 0 fully saturated rings. The highest BCUT2D eigenvalue weighted by Gasteiger charge is 2.11. The quantitative estimate of drug-likeness (QED) is 0.322. The van der Waals surface area contributed by atoms with Crippen LogP contribution in [0, 0.1) is 0 Å². The molecule has 2 N–H and O–H groups in total. The molecule has 6 heteroatoms. The van der Waals surface area contributed by atoms with Crippen LogP contribution in [0.5, 0.6) is 0 Å². The van der Waals surface area contributed by atoms with E-state index >= 15 is 0 Å². The minimum absolute atomic E-state index is 0.0844. The molecule has 0 aliphatic heterocycles. The lowest BCUT2D eigenvalue weighted by Gasteiger charge is -2.19. The second-order valence-electron chi connectivity index (χ2n) is 6.92. The Bertz CT molecular complexity index is 875. The largest absolute Gasteiger partial charge is 0.487 e. The van der Waals surface area contributed by atoms with Gasteiger partial charge in [0.1, 0.15) is 0 Å². The number of rotatable bonds is 10. The van der Waals surface area contributed by atoms with Crippen molar-refractivity contribution >= 4 is 23.8 Å². The maximum atomic E-state index is 12.4. The fourth-order valence-electron chi connectivity index (χ4n) is 2.94. The summed E-state index contributed by atoms with van der Waals surface area (Å²) in [6.07, 6.45) is 4.70. The smallest absolute Gasteiger partial charge is 0.371 e. The van der Waals surface area contributed by atoms with Crippen molar-refractivity contribution in [1.29, 1.82) is 0 Å². The minimum Gasteiger partial charge on any atom is -0.487 e. The van der Waals surface area contributed by atoms with Crippen molar-refractivity contribution in [3.8, 4) is 11.1 Å². The summed E-state index contributed by atoms with van der Waals surface area (Å²) < 4.78 is 5.15. The van der Waals surface area contributed by atoms with Gasteiger partial charge >= 0.3 is 12.0 Å². The van der Waals surface area contributed by atoms with Crippen molar-refractivity contribution in [3.63, 3.8) is 0 Å². The highest BCUT2D eigenvalue weighted by Crippen LogP contribution is 2.25. The van der Waals surface area contributed by atoms with Gasteiger partial charge in [0.2, 0.25) is 5.76 Å². The zero-order chi connectivity index (χ0) is 21.9. The lowest BCUT2D eigenvalue weighted by molar-refractivity contribution is -0.136. The molecule has 2 aromatic carbocycles. The van der Waals surface area contributed by atoms with Crippen LogP contribution in [-0.2, 0) is 9.53 Å². The number of carboxylic acids is 1. The standard InChI is InChI=1S/C24H30N2O4/c1-4-6-7-15-25-24(29)26(3)21-10-8-9-20(17-21)19-13-11-18(12-14-19)16-22(23(27)28)30-5-2/h8-14,16-17H,4-7,15H2,1-3H3,(H,25,29)(H,27,28). The summed E-state index contributed by atoms with van der Waals surface area (Å²) >= 11 is 0. The molecule has 0 saturated heterocycles. The highest BCUT2D eigenvalue weighted by atomic mass is 16.5. The van der Waals surface area contributed by atoms with Crippen LogP contribution in [0.15, 0.2) is 54.3 Å². The summed E-state index contributed by atoms with van der Waals surface area (Å²) in [6, 6.07) is 15.1. The maximum absolute atomic E-state index is 12.4. The van der Waals surface area contributed by atoms with Crippen molar-refractivity contribution in [2.45, 2.75) is 33.1 Å². The van der Waals surface area contributed by atoms with E-state index in [-0.39, 0.29) is 11.8 Å². The van der Waals surface area contributed by atoms with Crippen molar-refractivity contribution < 1.29 is 19.4 Å². The van der Waals surface area contributed by atoms with E-state index in [0.717, 1.165) is 41.6 Å². The zero-order valence-electron chi connectivity index (χ0n) is 17.9. The molecule has 0 aliphatic carbocycles. The normalized spacial score (nSPS) is 11.1. The number of unbranched alkanes of at least 4 members (excludes halogenated alkanes) is 2. The van der Waals surface area contributed by atoms with E-state index in [9.17, 15) is 14.7 Å². The molecule has 0 aliphatic rings. The van der Waals surface area contributed by atoms with Crippen LogP contribution >= 0.6 is 0 Å². The minimum atomic E-state index is -1.09. The number of benzene rings is 2. The summed E-state index contributed by atoms with van der Waals surface area (Å²) in [6.45, 7) is 4.84. The Hall–Kier alpha value is -3.28. The van der Waals surface area contributed by atoms with E-state index in [0.29, 0.717) is 13.2 Å². The van der Waals surface area contributed by atoms with Gasteiger partial charge in [0.15, 0.2) is 0 Å². The molecule has 0 unspecified atom stereocenters. The molecule has 0 saturated carbocycles. The van der Waals surface area contributed by atoms with Gasteiger partial charge in [-0.15, -0.1) is 0 Å². The molecule has 0 radical (unpaired) electrons. The van der Waals surface area contributed by atoms with Gasteiger partial charge in [-0.25, -0.2) is 9.59 Å². The fourth-order valence-corrected chi connectivity index (χ4v) is 2.94. The van der Waals surface area contributed by atoms with E-state index in [1.165, 1.54) is 6.08 Å². The van der Waals surface area contributed by atoms with Crippen molar-refractivity contribution in [1.82, 2.24) is 5.32 Å². The molecular formula is C24H30N2O4. The maximum Gasteiger partial charge on any atom is 0.371 e. The highest BCUT2D eigenvalue weighted by molar-refractivity contribution is 5.92. The van der Waals surface area contributed by atoms with Gasteiger partial charge in [-0.05, 0) is 48.2 Å². The van der Waals surface area contributed by atoms with Crippen LogP contribution in [-0.4, -0.2) is 37.3 Å². The number of ether oxygens (including phenoxy) is 1. The summed E-state index contributed by atoms with van der Waals surface area (Å²) in [5, 5.41) is 12.1. The fraction of sp³-hybridized carbons (Fsp3) is 0.333. The molecule has 6 nitrogen and oxygen atoms in total. The van der Waals surface area contributed by atoms with Gasteiger partial charge in [-0.3, -0.25) is 4.90 Å². The van der Waals surface area contributed by atoms with Crippen molar-refractivity contribution in [2.75, 3.05) is 25.1 Å². The van der Waals surface area contributed by atoms with Crippen molar-refractivity contribution in [2.24, 2.45) is 0 Å². The third-order valence-corrected chi connectivity index (χ3v) is 4.65. The number of hydrogen-bond acceptors (Lipinski definition) is 3. The average molecular weight is 411 g/mol. The third kappa shape index (κ3) is 6.65. The number of nitrogens with one attached hydrogen (secondary N) is 1. The average Bonchev–Trinajstić information content (AvgIpc) is 2.76. The molecule has 0 atom stereocenters. The lowest BCUT2D eigenvalue weighted by atomic mass is 10.0. The number of carbonyl (C=O) groups excluding carboxylic acids is 1. The summed E-state index contributed by atoms with van der Waals surface area (Å²) in [5.74, 6) is -1.18. The Morgan fingerprint density at radius 3 is 2.43 bits per heavy atom. The first-order chi connectivity index (χ1) is 14.5. The number of amides is 2. The Morgan fingerprint density at radius 1 is 1.07 bits per heavy atom. The SMILES string of the molecule is CCCCCNC(=O)N(C)c1cccc(-c2ccc(C=C(OCC)C(=O)O)cc2)c1. The van der Waals surface area contributed by atoms with Gasteiger partial charge in [-0.1, -0.05) is 56.2 Å². The summed E-state index contributed by atoms with van der Waals surface area (Å²) in [5.41, 5.74) is 3.48. The van der Waals surface area contributed by atoms with Crippen LogP contribution in [0.4, 0.5) is 10.5 Å². The number of aliphatic carboxylic acids is 1. The number of nitrogens with zero attached hydrogens (tertiary/aromatic N) is 1. The van der Waals surface area contributed by atoms with Crippen LogP contribution < -0.4 is 10.2 Å². The van der Waals surface area contributed by atoms with Gasteiger partial charge in [-0.2, -0.15) is 0 Å². The Morgan fingerprint density at radius 2 is 1.80 bits per heavy atom. The van der Waals surface area contributed by atoms with E-state index in [1.54, 1.807) is 18.9 Å². The molecule has 2 amide bonds. The monoisotopic (exact) mass is 410 g/mol. The molecule has 160 valence electrons. The van der Waals surface area contributed by atoms with Gasteiger partial charge < -0.3 is 15.2 Å². The zero-order valence-corrected chi connectivity index (χ0v) is 17.9. The van der Waals surface area contributed by atoms with E-state index < -0.39 is 5.97 Å². The Balaban J connectivity index is 2.12. The van der Waals surface area contributed by atoms with Crippen LogP contribution in [0.2, 0.25) is 0 Å². The predicted octanol–water partition coefficient (Wildman–Crippen LogP) is 5.15. The molecule has 2 aromatic rings. The van der Waals surface area contributed by atoms with Crippen LogP contribution in [0.1, 0.15) is 38.7 Å². The van der Waals surface area contributed by atoms with Gasteiger partial charge in [0, 0.05) is 19.3 Å². The number of urea groups is 1. The first-order valence-electron chi connectivity index (χ1n) is 10.3. The van der Waals surface area contributed by atoms with Crippen LogP contribution in [0.3, 0.4) is 0 Å². The molecule has 0 spiro atoms. The molecular weight excluding hydrogens is 380 g/mol. The number of carboxylic acid groups (broad SMARTS) is 1. The summed E-state index contributed by atoms with van der Waals surface area (Å²) in [7, 11) is 1.75. The molecule has 0 heterocycles. The van der Waals surface area contributed by atoms with Gasteiger partial charge in [0.05, 0.1) is 6.61 Å². The second kappa shape index (κ2) is 11.7. The first-order valence-corrected chi connectivity index (χ1v) is 10.3. The molecule has 0 bridgehead atoms. The van der Waals surface area contributed by atoms with Crippen molar-refractivity contribution in [3.05, 3.63) is 59.9 Å².